The van der Waals surface area contributed by atoms with Crippen molar-refractivity contribution in [1.29, 1.82) is 0 Å². The maximum Gasteiger partial charge on any atom is 0.223 e. The first-order chi connectivity index (χ1) is 13.0. The fourth-order valence-corrected chi connectivity index (χ4v) is 3.43. The molecule has 0 atom stereocenters. The smallest absolute Gasteiger partial charge is 0.223 e. The van der Waals surface area contributed by atoms with Gasteiger partial charge in [0.1, 0.15) is 0 Å². The minimum absolute atomic E-state index is 0.00205. The van der Waals surface area contributed by atoms with Crippen LogP contribution in [-0.2, 0) is 4.79 Å². The molecule has 0 bridgehead atoms. The first-order valence-electron chi connectivity index (χ1n) is 9.83. The molecule has 0 aliphatic heterocycles. The number of carbonyl (C=O) groups is 1. The van der Waals surface area contributed by atoms with Crippen LogP contribution >= 0.6 is 23.2 Å². The highest BCUT2D eigenvalue weighted by Gasteiger charge is 2.22. The van der Waals surface area contributed by atoms with Crippen molar-refractivity contribution in [2.24, 2.45) is 0 Å². The van der Waals surface area contributed by atoms with E-state index in [-0.39, 0.29) is 11.8 Å². The summed E-state index contributed by atoms with van der Waals surface area (Å²) >= 11 is 12.1. The largest absolute Gasteiger partial charge is 0.343 e. The lowest BCUT2D eigenvalue weighted by Gasteiger charge is -2.26. The molecule has 4 heteroatoms. The monoisotopic (exact) mass is 405 g/mol. The average Bonchev–Trinajstić information content (AvgIpc) is 2.68. The van der Waals surface area contributed by atoms with Gasteiger partial charge in [-0.05, 0) is 48.2 Å². The van der Waals surface area contributed by atoms with E-state index in [1.165, 1.54) is 0 Å². The maximum absolute atomic E-state index is 13.1. The molecule has 0 radical (unpaired) electrons. The Bertz CT molecular complexity index is 644. The van der Waals surface area contributed by atoms with E-state index in [0.717, 1.165) is 49.9 Å². The highest BCUT2D eigenvalue weighted by Crippen LogP contribution is 2.30. The van der Waals surface area contributed by atoms with Crippen LogP contribution in [0.15, 0.2) is 48.5 Å². The number of nitrogens with zero attached hydrogens (tertiary/aromatic N) is 1. The molecule has 2 aromatic carbocycles. The van der Waals surface area contributed by atoms with Crippen molar-refractivity contribution in [3.8, 4) is 0 Å². The van der Waals surface area contributed by atoms with E-state index in [1.807, 2.05) is 53.4 Å². The quantitative estimate of drug-likeness (QED) is 0.418. The zero-order valence-electron chi connectivity index (χ0n) is 16.3. The zero-order chi connectivity index (χ0) is 19.6. The van der Waals surface area contributed by atoms with Gasteiger partial charge in [0.2, 0.25) is 5.91 Å². The summed E-state index contributed by atoms with van der Waals surface area (Å²) in [6.45, 7) is 5.99. The summed E-state index contributed by atoms with van der Waals surface area (Å²) in [7, 11) is 0. The SMILES string of the molecule is CCCCN(CCCC)C(=O)CC(c1ccc(Cl)cc1)c1ccc(Cl)cc1. The van der Waals surface area contributed by atoms with Crippen LogP contribution in [0.4, 0.5) is 0 Å². The van der Waals surface area contributed by atoms with Gasteiger partial charge < -0.3 is 4.90 Å². The normalized spacial score (nSPS) is 11.0. The van der Waals surface area contributed by atoms with Gasteiger partial charge in [0.15, 0.2) is 0 Å². The number of benzene rings is 2. The molecule has 146 valence electrons. The van der Waals surface area contributed by atoms with Crippen LogP contribution in [0.25, 0.3) is 0 Å². The van der Waals surface area contributed by atoms with Gasteiger partial charge in [0.05, 0.1) is 0 Å². The van der Waals surface area contributed by atoms with Gasteiger partial charge in [-0.2, -0.15) is 0 Å². The predicted octanol–water partition coefficient (Wildman–Crippen LogP) is 6.94. The number of hydrogen-bond donors (Lipinski definition) is 0. The van der Waals surface area contributed by atoms with Gasteiger partial charge in [0, 0.05) is 35.5 Å². The second-order valence-corrected chi connectivity index (χ2v) is 7.82. The van der Waals surface area contributed by atoms with Gasteiger partial charge in [-0.3, -0.25) is 4.79 Å². The van der Waals surface area contributed by atoms with Crippen LogP contribution in [0.3, 0.4) is 0 Å². The lowest BCUT2D eigenvalue weighted by atomic mass is 9.88. The summed E-state index contributed by atoms with van der Waals surface area (Å²) in [5.41, 5.74) is 2.20. The fraction of sp³-hybridized carbons (Fsp3) is 0.435. The molecule has 0 heterocycles. The lowest BCUT2D eigenvalue weighted by molar-refractivity contribution is -0.131. The van der Waals surface area contributed by atoms with Gasteiger partial charge in [-0.1, -0.05) is 74.2 Å². The first-order valence-corrected chi connectivity index (χ1v) is 10.6. The van der Waals surface area contributed by atoms with Crippen molar-refractivity contribution >= 4 is 29.1 Å². The fourth-order valence-electron chi connectivity index (χ4n) is 3.18. The molecule has 0 saturated heterocycles. The number of rotatable bonds is 10. The molecule has 0 saturated carbocycles. The summed E-state index contributed by atoms with van der Waals surface area (Å²) in [5.74, 6) is 0.213. The summed E-state index contributed by atoms with van der Waals surface area (Å²) in [6, 6.07) is 15.6. The van der Waals surface area contributed by atoms with Crippen molar-refractivity contribution in [3.63, 3.8) is 0 Å². The minimum Gasteiger partial charge on any atom is -0.343 e. The van der Waals surface area contributed by atoms with Gasteiger partial charge in [-0.25, -0.2) is 0 Å². The summed E-state index contributed by atoms with van der Waals surface area (Å²) in [4.78, 5) is 15.2. The van der Waals surface area contributed by atoms with Gasteiger partial charge in [0.25, 0.3) is 0 Å². The Morgan fingerprint density at radius 1 is 0.815 bits per heavy atom. The first kappa shape index (κ1) is 21.8. The van der Waals surface area contributed by atoms with Crippen molar-refractivity contribution in [2.45, 2.75) is 51.9 Å². The van der Waals surface area contributed by atoms with E-state index in [0.29, 0.717) is 16.5 Å². The van der Waals surface area contributed by atoms with E-state index >= 15 is 0 Å². The maximum atomic E-state index is 13.1. The van der Waals surface area contributed by atoms with Crippen molar-refractivity contribution < 1.29 is 4.79 Å². The lowest BCUT2D eigenvalue weighted by Crippen LogP contribution is -2.34. The molecular formula is C23H29Cl2NO. The van der Waals surface area contributed by atoms with E-state index in [1.54, 1.807) is 0 Å². The standard InChI is InChI=1S/C23H29Cl2NO/c1-3-5-15-26(16-6-4-2)23(27)17-22(18-7-11-20(24)12-8-18)19-9-13-21(25)14-10-19/h7-14,22H,3-6,15-17H2,1-2H3. The Kier molecular flexibility index (Phi) is 9.17. The molecular weight excluding hydrogens is 377 g/mol. The predicted molar refractivity (Wildman–Crippen MR) is 116 cm³/mol. The molecule has 0 spiro atoms. The average molecular weight is 406 g/mol. The highest BCUT2D eigenvalue weighted by atomic mass is 35.5. The van der Waals surface area contributed by atoms with Crippen molar-refractivity contribution in [2.75, 3.05) is 13.1 Å². The van der Waals surface area contributed by atoms with E-state index < -0.39 is 0 Å². The number of amides is 1. The number of hydrogen-bond acceptors (Lipinski definition) is 1. The molecule has 0 aromatic heterocycles. The Hall–Kier alpha value is -1.51. The molecule has 2 rings (SSSR count). The Morgan fingerprint density at radius 3 is 1.59 bits per heavy atom. The molecule has 0 unspecified atom stereocenters. The van der Waals surface area contributed by atoms with E-state index in [2.05, 4.69) is 13.8 Å². The molecule has 0 N–H and O–H groups in total. The highest BCUT2D eigenvalue weighted by molar-refractivity contribution is 6.30. The van der Waals surface area contributed by atoms with Crippen LogP contribution in [0.1, 0.15) is 63.0 Å². The van der Waals surface area contributed by atoms with Crippen LogP contribution in [-0.4, -0.2) is 23.9 Å². The van der Waals surface area contributed by atoms with Crippen LogP contribution in [0, 0.1) is 0 Å². The molecule has 0 fully saturated rings. The third-order valence-corrected chi connectivity index (χ3v) is 5.34. The zero-order valence-corrected chi connectivity index (χ0v) is 17.8. The number of halogens is 2. The third-order valence-electron chi connectivity index (χ3n) is 4.84. The Balaban J connectivity index is 2.25. The van der Waals surface area contributed by atoms with Gasteiger partial charge >= 0.3 is 0 Å². The van der Waals surface area contributed by atoms with E-state index in [4.69, 9.17) is 23.2 Å². The number of unbranched alkanes of at least 4 members (excludes halogenated alkanes) is 2. The second-order valence-electron chi connectivity index (χ2n) is 6.95. The summed E-state index contributed by atoms with van der Waals surface area (Å²) < 4.78 is 0. The van der Waals surface area contributed by atoms with Crippen LogP contribution in [0.5, 0.6) is 0 Å². The Labute approximate surface area is 173 Å². The van der Waals surface area contributed by atoms with Gasteiger partial charge in [-0.15, -0.1) is 0 Å². The van der Waals surface area contributed by atoms with Crippen LogP contribution in [0.2, 0.25) is 10.0 Å². The Morgan fingerprint density at radius 2 is 1.22 bits per heavy atom. The topological polar surface area (TPSA) is 20.3 Å². The third kappa shape index (κ3) is 6.86. The van der Waals surface area contributed by atoms with Crippen LogP contribution < -0.4 is 0 Å². The molecule has 2 aromatic rings. The molecule has 1 amide bonds. The van der Waals surface area contributed by atoms with Crippen molar-refractivity contribution in [3.05, 3.63) is 69.7 Å². The minimum atomic E-state index is -0.00205. The molecule has 27 heavy (non-hydrogen) atoms. The number of carbonyl (C=O) groups excluding carboxylic acids is 1. The second kappa shape index (κ2) is 11.4. The summed E-state index contributed by atoms with van der Waals surface area (Å²) in [5, 5.41) is 1.40. The summed E-state index contributed by atoms with van der Waals surface area (Å²) in [6.07, 6.45) is 4.72. The van der Waals surface area contributed by atoms with Crippen molar-refractivity contribution in [1.82, 2.24) is 4.90 Å². The molecule has 0 aliphatic rings. The molecule has 0 aliphatic carbocycles. The van der Waals surface area contributed by atoms with E-state index in [9.17, 15) is 4.79 Å². The molecule has 2 nitrogen and oxygen atoms in total.